The van der Waals surface area contributed by atoms with Crippen LogP contribution < -0.4 is 8.85 Å². The van der Waals surface area contributed by atoms with E-state index in [0.717, 1.165) is 12.0 Å². The number of nitrogens with zero attached hydrogens (tertiary/aromatic N) is 1. The van der Waals surface area contributed by atoms with E-state index in [1.54, 1.807) is 0 Å². The Morgan fingerprint density at radius 1 is 0.676 bits per heavy atom. The van der Waals surface area contributed by atoms with Crippen molar-refractivity contribution in [2.45, 2.75) is 147 Å². The Morgan fingerprint density at radius 3 is 1.91 bits per heavy atom. The smallest absolute Gasteiger partial charge is 0.306 e. The number of ether oxygens (including phenoxy) is 3. The quantitative estimate of drug-likeness (QED) is 0.0199. The number of benzene rings is 2. The van der Waals surface area contributed by atoms with Gasteiger partial charge in [-0.2, -0.15) is 11.8 Å². The molecule has 0 spiro atoms. The van der Waals surface area contributed by atoms with Gasteiger partial charge in [-0.05, 0) is 104 Å². The number of thioether (sulfide) groups is 1. The highest BCUT2D eigenvalue weighted by Crippen LogP contribution is 2.52. The zero-order valence-electron chi connectivity index (χ0n) is 42.3. The summed E-state index contributed by atoms with van der Waals surface area (Å²) < 4.78 is 29.9. The fraction of sp³-hybridized carbons (Fsp3) is 0.623. The molecule has 2 fully saturated rings. The molecule has 15 heteroatoms. The summed E-state index contributed by atoms with van der Waals surface area (Å²) >= 11 is 1.50. The molecule has 0 N–H and O–H groups in total. The Bertz CT molecular complexity index is 2080. The molecule has 5 atom stereocenters. The SMILES string of the molecule is CC(C)(C)[Si](C)(C)Oc1ccc(C(=O)CCCOCCOC(=O)CCSC(CC(=O)CCC(=O)OCCCCCN2C(=O)[C@@H]3[C@H](C2=O)[C@H]2C=C[C@@H]3C2)c2ccccc2)cc1O[Si](C)(C)C(C)(C)C. The van der Waals surface area contributed by atoms with Gasteiger partial charge in [-0.15, -0.1) is 0 Å². The van der Waals surface area contributed by atoms with Crippen molar-refractivity contribution in [3.63, 3.8) is 0 Å². The van der Waals surface area contributed by atoms with Crippen molar-refractivity contribution in [1.29, 1.82) is 0 Å². The zero-order valence-corrected chi connectivity index (χ0v) is 45.1. The van der Waals surface area contributed by atoms with Crippen LogP contribution in [0.4, 0.5) is 0 Å². The molecule has 2 aliphatic carbocycles. The Kier molecular flexibility index (Phi) is 19.5. The lowest BCUT2D eigenvalue weighted by atomic mass is 9.85. The lowest BCUT2D eigenvalue weighted by Gasteiger charge is -2.39. The second-order valence-corrected chi connectivity index (χ2v) is 32.4. The number of imide groups is 1. The van der Waals surface area contributed by atoms with Crippen molar-refractivity contribution < 1.29 is 51.8 Å². The van der Waals surface area contributed by atoms with Gasteiger partial charge in [0.2, 0.25) is 11.8 Å². The summed E-state index contributed by atoms with van der Waals surface area (Å²) in [5.41, 5.74) is 1.54. The van der Waals surface area contributed by atoms with Gasteiger partial charge in [0, 0.05) is 49.0 Å². The van der Waals surface area contributed by atoms with Crippen LogP contribution in [0.25, 0.3) is 0 Å². The van der Waals surface area contributed by atoms with E-state index in [9.17, 15) is 28.8 Å². The average Bonchev–Trinajstić information content (AvgIpc) is 3.96. The number of carbonyl (C=O) groups is 6. The molecule has 2 aromatic carbocycles. The molecule has 2 bridgehead atoms. The third-order valence-corrected chi connectivity index (χ3v) is 24.4. The van der Waals surface area contributed by atoms with Gasteiger partial charge in [0.25, 0.3) is 16.6 Å². The zero-order chi connectivity index (χ0) is 49.9. The van der Waals surface area contributed by atoms with Gasteiger partial charge in [-0.25, -0.2) is 0 Å². The molecule has 1 saturated carbocycles. The molecule has 1 aliphatic heterocycles. The maximum atomic E-state index is 13.3. The Labute approximate surface area is 411 Å². The molecule has 2 amide bonds. The maximum absolute atomic E-state index is 13.3. The minimum atomic E-state index is -2.23. The molecule has 3 aliphatic rings. The number of allylic oxidation sites excluding steroid dienone is 2. The van der Waals surface area contributed by atoms with E-state index in [2.05, 4.69) is 79.9 Å². The monoisotopic (exact) mass is 991 g/mol. The van der Waals surface area contributed by atoms with Gasteiger partial charge in [-0.1, -0.05) is 84.0 Å². The van der Waals surface area contributed by atoms with Crippen LogP contribution in [0.15, 0.2) is 60.7 Å². The van der Waals surface area contributed by atoms with Gasteiger partial charge < -0.3 is 23.1 Å². The molecular formula is C53H77NO11SSi2. The summed E-state index contributed by atoms with van der Waals surface area (Å²) in [7, 11) is -4.40. The Morgan fingerprint density at radius 2 is 1.28 bits per heavy atom. The number of unbranched alkanes of at least 4 members (excludes halogenated alkanes) is 2. The summed E-state index contributed by atoms with van der Waals surface area (Å²) in [6.07, 6.45) is 8.31. The second-order valence-electron chi connectivity index (χ2n) is 21.6. The van der Waals surface area contributed by atoms with Crippen LogP contribution in [0.1, 0.15) is 127 Å². The number of amides is 2. The highest BCUT2D eigenvalue weighted by molar-refractivity contribution is 7.99. The molecule has 68 heavy (non-hydrogen) atoms. The van der Waals surface area contributed by atoms with Crippen LogP contribution in [0.2, 0.25) is 36.3 Å². The lowest BCUT2D eigenvalue weighted by Crippen LogP contribution is -2.45. The van der Waals surface area contributed by atoms with Gasteiger partial charge in [-0.3, -0.25) is 33.7 Å². The average molecular weight is 992 g/mol. The molecule has 12 nitrogen and oxygen atoms in total. The number of hydrogen-bond donors (Lipinski definition) is 0. The first kappa shape index (κ1) is 54.9. The molecule has 0 aromatic heterocycles. The van der Waals surface area contributed by atoms with Gasteiger partial charge >= 0.3 is 11.9 Å². The first-order valence-corrected chi connectivity index (χ1v) is 31.5. The molecule has 0 radical (unpaired) electrons. The highest BCUT2D eigenvalue weighted by atomic mass is 32.2. The summed E-state index contributed by atoms with van der Waals surface area (Å²) in [5, 5.41) is -0.228. The predicted molar refractivity (Wildman–Crippen MR) is 272 cm³/mol. The molecule has 1 saturated heterocycles. The topological polar surface area (TPSA) is 152 Å². The van der Waals surface area contributed by atoms with Crippen molar-refractivity contribution in [3.05, 3.63) is 71.8 Å². The minimum Gasteiger partial charge on any atom is -0.541 e. The number of esters is 2. The lowest BCUT2D eigenvalue weighted by molar-refractivity contribution is -0.145. The third-order valence-electron chi connectivity index (χ3n) is 14.5. The summed E-state index contributed by atoms with van der Waals surface area (Å²) in [5.74, 6) is 0.875. The second kappa shape index (κ2) is 24.2. The van der Waals surface area contributed by atoms with Crippen molar-refractivity contribution in [2.24, 2.45) is 23.7 Å². The van der Waals surface area contributed by atoms with Crippen LogP contribution >= 0.6 is 11.8 Å². The number of rotatable bonds is 28. The number of Topliss-reactive ketones (excluding diaryl/α,β-unsaturated/α-hetero) is 2. The molecule has 374 valence electrons. The maximum Gasteiger partial charge on any atom is 0.306 e. The Balaban J connectivity index is 0.943. The van der Waals surface area contributed by atoms with Crippen molar-refractivity contribution >= 4 is 63.7 Å². The molecule has 5 rings (SSSR count). The number of fused-ring (bicyclic) bond motifs is 5. The number of carbonyl (C=O) groups excluding carboxylic acids is 6. The van der Waals surface area contributed by atoms with Crippen LogP contribution in [-0.4, -0.2) is 95.6 Å². The van der Waals surface area contributed by atoms with E-state index in [1.165, 1.54) is 16.7 Å². The summed E-state index contributed by atoms with van der Waals surface area (Å²) in [4.78, 5) is 78.6. The Hall–Kier alpha value is -4.06. The largest absolute Gasteiger partial charge is 0.541 e. The minimum absolute atomic E-state index is 0.00251. The van der Waals surface area contributed by atoms with Crippen molar-refractivity contribution in [2.75, 3.05) is 38.7 Å². The van der Waals surface area contributed by atoms with Gasteiger partial charge in [0.05, 0.1) is 37.9 Å². The molecule has 1 unspecified atom stereocenters. The van der Waals surface area contributed by atoms with Crippen LogP contribution in [-0.2, 0) is 38.2 Å². The predicted octanol–water partition coefficient (Wildman–Crippen LogP) is 11.1. The number of ketones is 2. The van der Waals surface area contributed by atoms with E-state index in [-0.39, 0.29) is 114 Å². The van der Waals surface area contributed by atoms with E-state index < -0.39 is 22.6 Å². The van der Waals surface area contributed by atoms with Crippen molar-refractivity contribution in [3.8, 4) is 11.5 Å². The summed E-state index contributed by atoms with van der Waals surface area (Å²) in [6.45, 7) is 23.2. The molecule has 1 heterocycles. The van der Waals surface area contributed by atoms with Crippen LogP contribution in [0.3, 0.4) is 0 Å². The van der Waals surface area contributed by atoms with Gasteiger partial charge in [0.15, 0.2) is 5.78 Å². The highest BCUT2D eigenvalue weighted by Gasteiger charge is 2.59. The summed E-state index contributed by atoms with van der Waals surface area (Å²) in [6, 6.07) is 15.2. The normalized spacial score (nSPS) is 19.5. The molecular weight excluding hydrogens is 915 g/mol. The van der Waals surface area contributed by atoms with E-state index >= 15 is 0 Å². The van der Waals surface area contributed by atoms with Crippen molar-refractivity contribution in [1.82, 2.24) is 4.90 Å². The van der Waals surface area contributed by atoms with Gasteiger partial charge in [0.1, 0.15) is 23.9 Å². The first-order chi connectivity index (χ1) is 32.0. The van der Waals surface area contributed by atoms with E-state index in [1.807, 2.05) is 48.5 Å². The molecule has 2 aromatic rings. The fourth-order valence-electron chi connectivity index (χ4n) is 8.34. The van der Waals surface area contributed by atoms with E-state index in [0.29, 0.717) is 68.1 Å². The number of hydrogen-bond acceptors (Lipinski definition) is 12. The van der Waals surface area contributed by atoms with Crippen LogP contribution in [0, 0.1) is 23.7 Å². The number of likely N-dealkylation sites (tertiary alicyclic amines) is 1. The van der Waals surface area contributed by atoms with Crippen LogP contribution in [0.5, 0.6) is 11.5 Å². The third kappa shape index (κ3) is 15.0. The first-order valence-electron chi connectivity index (χ1n) is 24.6. The fourth-order valence-corrected chi connectivity index (χ4v) is 11.6. The van der Waals surface area contributed by atoms with E-state index in [4.69, 9.17) is 23.1 Å². The standard InChI is InChI=1S/C53H77NO11SSi2/c1-52(2,3)67(7,8)64-43-25-23-38(35-44(43)65-68(9,10)53(4,5)6)42(56)20-17-29-61-31-32-63-47(58)27-33-66-45(37-18-13-11-14-19-37)36-41(55)24-26-46(57)62-30-16-12-15-28-54-50(59)48-39-21-22-40(34-39)49(48)51(54)60/h11,13-14,18-19,21-23,25,35,39-40,45,48-49H,12,15-17,20,24,26-34,36H2,1-10H3/t39-,40+,45?,48+,49-.